The lowest BCUT2D eigenvalue weighted by atomic mass is 9.96. The highest BCUT2D eigenvalue weighted by molar-refractivity contribution is 7.99. The summed E-state index contributed by atoms with van der Waals surface area (Å²) in [4.78, 5) is 25.6. The maximum absolute atomic E-state index is 12.9. The molecule has 2 saturated heterocycles. The lowest BCUT2D eigenvalue weighted by Gasteiger charge is -2.35. The van der Waals surface area contributed by atoms with Crippen molar-refractivity contribution in [3.63, 3.8) is 0 Å². The fourth-order valence-electron chi connectivity index (χ4n) is 3.39. The van der Waals surface area contributed by atoms with Gasteiger partial charge in [0.05, 0.1) is 10.5 Å². The second-order valence-corrected chi connectivity index (χ2v) is 9.55. The van der Waals surface area contributed by atoms with Gasteiger partial charge in [0.15, 0.2) is 0 Å². The van der Waals surface area contributed by atoms with Crippen LogP contribution in [0, 0.1) is 5.92 Å². The van der Waals surface area contributed by atoms with E-state index in [4.69, 9.17) is 0 Å². The molecule has 0 saturated carbocycles. The zero-order valence-electron chi connectivity index (χ0n) is 14.3. The van der Waals surface area contributed by atoms with Gasteiger partial charge in [0.25, 0.3) is 0 Å². The minimum atomic E-state index is -3.89. The van der Waals surface area contributed by atoms with E-state index >= 15 is 0 Å². The molecule has 2 aliphatic rings. The van der Waals surface area contributed by atoms with Crippen LogP contribution in [0.1, 0.15) is 23.2 Å². The van der Waals surface area contributed by atoms with Gasteiger partial charge in [0, 0.05) is 43.6 Å². The van der Waals surface area contributed by atoms with Crippen LogP contribution >= 0.6 is 11.8 Å². The van der Waals surface area contributed by atoms with Crippen molar-refractivity contribution in [1.29, 1.82) is 0 Å². The summed E-state index contributed by atoms with van der Waals surface area (Å²) in [6, 6.07) is 5.63. The average molecular weight is 399 g/mol. The van der Waals surface area contributed by atoms with Crippen LogP contribution < -0.4 is 0 Å². The van der Waals surface area contributed by atoms with Crippen LogP contribution in [0.25, 0.3) is 0 Å². The van der Waals surface area contributed by atoms with Crippen molar-refractivity contribution in [3.8, 4) is 0 Å². The number of aromatic carboxylic acids is 1. The van der Waals surface area contributed by atoms with Gasteiger partial charge in [0.2, 0.25) is 15.9 Å². The maximum atomic E-state index is 12.9. The van der Waals surface area contributed by atoms with E-state index in [1.165, 1.54) is 28.6 Å². The third-order valence-corrected chi connectivity index (χ3v) is 7.76. The smallest absolute Gasteiger partial charge is 0.337 e. The third kappa shape index (κ3) is 3.89. The predicted molar refractivity (Wildman–Crippen MR) is 98.8 cm³/mol. The first-order chi connectivity index (χ1) is 12.4. The first kappa shape index (κ1) is 19.2. The van der Waals surface area contributed by atoms with Gasteiger partial charge in [-0.3, -0.25) is 4.79 Å². The topological polar surface area (TPSA) is 95.0 Å². The molecule has 1 aromatic rings. The number of hydrogen-bond acceptors (Lipinski definition) is 5. The van der Waals surface area contributed by atoms with E-state index in [2.05, 4.69) is 0 Å². The van der Waals surface area contributed by atoms with E-state index in [-0.39, 0.29) is 35.4 Å². The minimum absolute atomic E-state index is 0.119. The molecule has 2 fully saturated rings. The molecule has 2 heterocycles. The van der Waals surface area contributed by atoms with Crippen molar-refractivity contribution in [2.24, 2.45) is 5.92 Å². The zero-order valence-corrected chi connectivity index (χ0v) is 16.0. The second-order valence-electron chi connectivity index (χ2n) is 6.42. The number of hydrogen-bond donors (Lipinski definition) is 1. The number of nitrogens with zero attached hydrogens (tertiary/aromatic N) is 2. The van der Waals surface area contributed by atoms with Crippen molar-refractivity contribution in [1.82, 2.24) is 9.21 Å². The summed E-state index contributed by atoms with van der Waals surface area (Å²) < 4.78 is 27.0. The van der Waals surface area contributed by atoms with Crippen LogP contribution in [0.4, 0.5) is 0 Å². The maximum Gasteiger partial charge on any atom is 0.337 e. The molecule has 1 N–H and O–H groups in total. The number of carbonyl (C=O) groups is 2. The Bertz CT molecular complexity index is 782. The van der Waals surface area contributed by atoms with Gasteiger partial charge in [-0.2, -0.15) is 16.1 Å². The highest BCUT2D eigenvalue weighted by atomic mass is 32.2. The third-order valence-electron chi connectivity index (χ3n) is 4.86. The largest absolute Gasteiger partial charge is 0.478 e. The molecule has 2 aliphatic heterocycles. The fourth-order valence-corrected chi connectivity index (χ4v) is 5.95. The average Bonchev–Trinajstić information content (AvgIpc) is 2.68. The van der Waals surface area contributed by atoms with Crippen LogP contribution in [0.2, 0.25) is 0 Å². The fraction of sp³-hybridized carbons (Fsp3) is 0.529. The SMILES string of the molecule is O=C(O)c1ccccc1S(=O)(=O)N1CCC(C(=O)N2CCSCC2)CC1. The summed E-state index contributed by atoms with van der Waals surface area (Å²) in [7, 11) is -3.89. The minimum Gasteiger partial charge on any atom is -0.478 e. The van der Waals surface area contributed by atoms with E-state index in [0.29, 0.717) is 12.8 Å². The summed E-state index contributed by atoms with van der Waals surface area (Å²) in [5.41, 5.74) is -0.225. The monoisotopic (exact) mass is 398 g/mol. The molecule has 0 aromatic heterocycles. The normalized spacial score (nSPS) is 20.1. The quantitative estimate of drug-likeness (QED) is 0.823. The first-order valence-corrected chi connectivity index (χ1v) is 11.2. The van der Waals surface area contributed by atoms with Crippen LogP contribution in [-0.4, -0.2) is 72.3 Å². The molecule has 0 aliphatic carbocycles. The molecule has 7 nitrogen and oxygen atoms in total. The van der Waals surface area contributed by atoms with Gasteiger partial charge in [0.1, 0.15) is 0 Å². The summed E-state index contributed by atoms with van der Waals surface area (Å²) in [6.45, 7) is 1.98. The molecule has 0 atom stereocenters. The Balaban J connectivity index is 1.69. The highest BCUT2D eigenvalue weighted by Gasteiger charge is 2.35. The molecular weight excluding hydrogens is 376 g/mol. The van der Waals surface area contributed by atoms with Crippen molar-refractivity contribution in [2.45, 2.75) is 17.7 Å². The molecule has 1 amide bonds. The van der Waals surface area contributed by atoms with E-state index in [9.17, 15) is 23.1 Å². The van der Waals surface area contributed by atoms with Gasteiger partial charge in [-0.1, -0.05) is 12.1 Å². The first-order valence-electron chi connectivity index (χ1n) is 8.60. The van der Waals surface area contributed by atoms with Crippen LogP contribution in [-0.2, 0) is 14.8 Å². The summed E-state index contributed by atoms with van der Waals surface area (Å²) in [5, 5.41) is 9.25. The lowest BCUT2D eigenvalue weighted by Crippen LogP contribution is -2.46. The van der Waals surface area contributed by atoms with E-state index < -0.39 is 16.0 Å². The number of thioether (sulfide) groups is 1. The Kier molecular flexibility index (Phi) is 5.89. The van der Waals surface area contributed by atoms with Gasteiger partial charge >= 0.3 is 5.97 Å². The highest BCUT2D eigenvalue weighted by Crippen LogP contribution is 2.27. The molecule has 1 aromatic carbocycles. The number of carboxylic acids is 1. The van der Waals surface area contributed by atoms with E-state index in [0.717, 1.165) is 24.6 Å². The van der Waals surface area contributed by atoms with Crippen molar-refractivity contribution < 1.29 is 23.1 Å². The Labute approximate surface area is 157 Å². The molecule has 3 rings (SSSR count). The molecule has 0 radical (unpaired) electrons. The van der Waals surface area contributed by atoms with Crippen molar-refractivity contribution in [2.75, 3.05) is 37.7 Å². The summed E-state index contributed by atoms with van der Waals surface area (Å²) >= 11 is 1.84. The molecule has 9 heteroatoms. The lowest BCUT2D eigenvalue weighted by molar-refractivity contribution is -0.136. The van der Waals surface area contributed by atoms with Crippen LogP contribution in [0.3, 0.4) is 0 Å². The van der Waals surface area contributed by atoms with E-state index in [1.54, 1.807) is 0 Å². The molecular formula is C17H22N2O5S2. The standard InChI is InChI=1S/C17H22N2O5S2/c20-16(18-9-11-25-12-10-18)13-5-7-19(8-6-13)26(23,24)15-4-2-1-3-14(15)17(21)22/h1-4,13H,5-12H2,(H,21,22). The number of sulfonamides is 1. The molecule has 142 valence electrons. The van der Waals surface area contributed by atoms with Gasteiger partial charge in [-0.15, -0.1) is 0 Å². The Morgan fingerprint density at radius 2 is 1.65 bits per heavy atom. The zero-order chi connectivity index (χ0) is 18.7. The molecule has 0 unspecified atom stereocenters. The van der Waals surface area contributed by atoms with Gasteiger partial charge in [-0.05, 0) is 25.0 Å². The Morgan fingerprint density at radius 1 is 1.04 bits per heavy atom. The summed E-state index contributed by atoms with van der Waals surface area (Å²) in [6.07, 6.45) is 0.938. The van der Waals surface area contributed by atoms with E-state index in [1.807, 2.05) is 16.7 Å². The van der Waals surface area contributed by atoms with Gasteiger partial charge < -0.3 is 10.0 Å². The molecule has 0 spiro atoms. The number of amides is 1. The van der Waals surface area contributed by atoms with Crippen LogP contribution in [0.5, 0.6) is 0 Å². The predicted octanol–water partition coefficient (Wildman–Crippen LogP) is 1.36. The van der Waals surface area contributed by atoms with Crippen molar-refractivity contribution in [3.05, 3.63) is 29.8 Å². The Morgan fingerprint density at radius 3 is 2.27 bits per heavy atom. The summed E-state index contributed by atoms with van der Waals surface area (Å²) in [5.74, 6) is 0.598. The molecule has 26 heavy (non-hydrogen) atoms. The molecule has 0 bridgehead atoms. The van der Waals surface area contributed by atoms with Crippen LogP contribution in [0.15, 0.2) is 29.2 Å². The van der Waals surface area contributed by atoms with Gasteiger partial charge in [-0.25, -0.2) is 13.2 Å². The number of carbonyl (C=O) groups excluding carboxylic acids is 1. The number of piperidine rings is 1. The number of benzene rings is 1. The second kappa shape index (κ2) is 7.98. The number of rotatable bonds is 4. The van der Waals surface area contributed by atoms with Crippen molar-refractivity contribution >= 4 is 33.7 Å². The Hall–Kier alpha value is -1.58. The number of carboxylic acid groups (broad SMARTS) is 1.